The number of aromatic nitrogens is 3. The zero-order valence-corrected chi connectivity index (χ0v) is 13.6. The van der Waals surface area contributed by atoms with Crippen LogP contribution < -0.4 is 0 Å². The molecule has 0 spiro atoms. The summed E-state index contributed by atoms with van der Waals surface area (Å²) in [6, 6.07) is 9.70. The highest BCUT2D eigenvalue weighted by Gasteiger charge is 2.41. The number of carbonyl (C=O) groups is 2. The zero-order valence-electron chi connectivity index (χ0n) is 13.6. The number of rotatable bonds is 5. The van der Waals surface area contributed by atoms with Gasteiger partial charge in [0.2, 0.25) is 5.91 Å². The minimum absolute atomic E-state index is 0.0393. The number of para-hydroxylation sites is 1. The van der Waals surface area contributed by atoms with Crippen LogP contribution in [0, 0.1) is 5.41 Å². The number of hydrogen-bond acceptors (Lipinski definition) is 4. The van der Waals surface area contributed by atoms with Gasteiger partial charge in [-0.2, -0.15) is 0 Å². The molecule has 1 saturated heterocycles. The smallest absolute Gasteiger partial charge is 0.311 e. The summed E-state index contributed by atoms with van der Waals surface area (Å²) in [6.07, 6.45) is 2.88. The van der Waals surface area contributed by atoms with Crippen molar-refractivity contribution in [3.8, 4) is 5.69 Å². The van der Waals surface area contributed by atoms with E-state index in [0.717, 1.165) is 11.5 Å². The van der Waals surface area contributed by atoms with Crippen LogP contribution >= 0.6 is 0 Å². The van der Waals surface area contributed by atoms with Crippen molar-refractivity contribution in [2.75, 3.05) is 13.1 Å². The predicted octanol–water partition coefficient (Wildman–Crippen LogP) is 1.52. The van der Waals surface area contributed by atoms with Gasteiger partial charge in [0.25, 0.3) is 0 Å². The molecule has 1 atom stereocenters. The Morgan fingerprint density at radius 1 is 1.29 bits per heavy atom. The van der Waals surface area contributed by atoms with E-state index in [2.05, 4.69) is 10.2 Å². The van der Waals surface area contributed by atoms with Crippen LogP contribution in [0.15, 0.2) is 36.7 Å². The summed E-state index contributed by atoms with van der Waals surface area (Å²) in [4.78, 5) is 25.3. The van der Waals surface area contributed by atoms with Crippen LogP contribution in [0.5, 0.6) is 0 Å². The first-order chi connectivity index (χ1) is 11.5. The first kappa shape index (κ1) is 16.2. The average Bonchev–Trinajstić information content (AvgIpc) is 3.21. The monoisotopic (exact) mass is 328 g/mol. The number of aliphatic carboxylic acids is 1. The van der Waals surface area contributed by atoms with Gasteiger partial charge in [0.15, 0.2) is 0 Å². The largest absolute Gasteiger partial charge is 0.481 e. The van der Waals surface area contributed by atoms with Crippen LogP contribution in [0.1, 0.15) is 25.6 Å². The van der Waals surface area contributed by atoms with Crippen molar-refractivity contribution in [3.63, 3.8) is 0 Å². The van der Waals surface area contributed by atoms with E-state index in [9.17, 15) is 14.7 Å². The summed E-state index contributed by atoms with van der Waals surface area (Å²) in [6.45, 7) is 2.45. The van der Waals surface area contributed by atoms with Gasteiger partial charge in [0.05, 0.1) is 5.41 Å². The number of carboxylic acids is 1. The number of aryl methyl sites for hydroxylation is 1. The summed E-state index contributed by atoms with van der Waals surface area (Å²) in [5.41, 5.74) is 0.115. The van der Waals surface area contributed by atoms with Gasteiger partial charge in [-0.1, -0.05) is 18.2 Å². The van der Waals surface area contributed by atoms with Crippen molar-refractivity contribution in [3.05, 3.63) is 42.5 Å². The third-order valence-corrected chi connectivity index (χ3v) is 4.56. The molecule has 1 N–H and O–H groups in total. The molecular weight excluding hydrogens is 308 g/mol. The fourth-order valence-corrected chi connectivity index (χ4v) is 2.96. The highest BCUT2D eigenvalue weighted by atomic mass is 16.4. The van der Waals surface area contributed by atoms with Crippen LogP contribution in [0.25, 0.3) is 5.69 Å². The summed E-state index contributed by atoms with van der Waals surface area (Å²) in [5, 5.41) is 17.3. The standard InChI is InChI=1S/C17H20N4O3/c1-17(16(23)24)9-10-20(11-17)15(22)8-7-14-19-18-12-21(14)13-5-3-2-4-6-13/h2-6,12H,7-11H2,1H3,(H,23,24)/t17-/m0/s1. The molecule has 0 aliphatic carbocycles. The molecule has 1 aromatic carbocycles. The number of likely N-dealkylation sites (tertiary alicyclic amines) is 1. The number of carboxylic acid groups (broad SMARTS) is 1. The van der Waals surface area contributed by atoms with E-state index in [1.807, 2.05) is 34.9 Å². The molecule has 0 bridgehead atoms. The third kappa shape index (κ3) is 3.15. The van der Waals surface area contributed by atoms with Gasteiger partial charge in [-0.05, 0) is 25.5 Å². The van der Waals surface area contributed by atoms with Crippen LogP contribution in [0.3, 0.4) is 0 Å². The van der Waals surface area contributed by atoms with E-state index >= 15 is 0 Å². The Bertz CT molecular complexity index is 743. The summed E-state index contributed by atoms with van der Waals surface area (Å²) in [5.74, 6) is -0.168. The van der Waals surface area contributed by atoms with E-state index in [0.29, 0.717) is 25.8 Å². The van der Waals surface area contributed by atoms with Crippen molar-refractivity contribution in [1.82, 2.24) is 19.7 Å². The molecule has 1 aliphatic rings. The fourth-order valence-electron chi connectivity index (χ4n) is 2.96. The SMILES string of the molecule is C[C@]1(C(=O)O)CCN(C(=O)CCc2nncn2-c2ccccc2)C1. The van der Waals surface area contributed by atoms with Crippen molar-refractivity contribution in [2.24, 2.45) is 5.41 Å². The molecule has 3 rings (SSSR count). The van der Waals surface area contributed by atoms with Gasteiger partial charge in [0.1, 0.15) is 12.2 Å². The van der Waals surface area contributed by atoms with E-state index < -0.39 is 11.4 Å². The van der Waals surface area contributed by atoms with Gasteiger partial charge < -0.3 is 10.0 Å². The molecule has 7 nitrogen and oxygen atoms in total. The fraction of sp³-hybridized carbons (Fsp3) is 0.412. The molecule has 0 radical (unpaired) electrons. The normalized spacial score (nSPS) is 20.3. The van der Waals surface area contributed by atoms with E-state index in [1.165, 1.54) is 0 Å². The second-order valence-corrected chi connectivity index (χ2v) is 6.38. The van der Waals surface area contributed by atoms with Gasteiger partial charge in [-0.15, -0.1) is 10.2 Å². The maximum atomic E-state index is 12.4. The Balaban J connectivity index is 1.62. The Hall–Kier alpha value is -2.70. The van der Waals surface area contributed by atoms with Crippen LogP contribution in [0.2, 0.25) is 0 Å². The molecule has 2 aromatic rings. The number of amides is 1. The lowest BCUT2D eigenvalue weighted by molar-refractivity contribution is -0.147. The molecule has 1 aromatic heterocycles. The van der Waals surface area contributed by atoms with Gasteiger partial charge in [-0.3, -0.25) is 14.2 Å². The maximum Gasteiger partial charge on any atom is 0.311 e. The molecule has 1 aliphatic heterocycles. The van der Waals surface area contributed by atoms with Crippen molar-refractivity contribution < 1.29 is 14.7 Å². The minimum Gasteiger partial charge on any atom is -0.481 e. The van der Waals surface area contributed by atoms with E-state index in [1.54, 1.807) is 18.2 Å². The topological polar surface area (TPSA) is 88.3 Å². The molecule has 24 heavy (non-hydrogen) atoms. The molecule has 1 fully saturated rings. The van der Waals surface area contributed by atoms with Gasteiger partial charge in [0, 0.05) is 31.6 Å². The van der Waals surface area contributed by atoms with E-state index in [4.69, 9.17) is 0 Å². The van der Waals surface area contributed by atoms with E-state index in [-0.39, 0.29) is 12.5 Å². The number of carbonyl (C=O) groups excluding carboxylic acids is 1. The van der Waals surface area contributed by atoms with Gasteiger partial charge in [-0.25, -0.2) is 0 Å². The van der Waals surface area contributed by atoms with Crippen LogP contribution in [0.4, 0.5) is 0 Å². The molecule has 1 amide bonds. The second kappa shape index (κ2) is 6.43. The zero-order chi connectivity index (χ0) is 17.2. The van der Waals surface area contributed by atoms with Gasteiger partial charge >= 0.3 is 5.97 Å². The lowest BCUT2D eigenvalue weighted by Crippen LogP contribution is -2.35. The predicted molar refractivity (Wildman–Crippen MR) is 86.6 cm³/mol. The molecular formula is C17H20N4O3. The Morgan fingerprint density at radius 2 is 2.04 bits per heavy atom. The van der Waals surface area contributed by atoms with Crippen LogP contribution in [-0.2, 0) is 16.0 Å². The Morgan fingerprint density at radius 3 is 2.71 bits per heavy atom. The summed E-state index contributed by atoms with van der Waals surface area (Å²) >= 11 is 0. The Labute approximate surface area is 139 Å². The number of nitrogens with zero attached hydrogens (tertiary/aromatic N) is 4. The third-order valence-electron chi connectivity index (χ3n) is 4.56. The summed E-state index contributed by atoms with van der Waals surface area (Å²) in [7, 11) is 0. The van der Waals surface area contributed by atoms with Crippen molar-refractivity contribution in [2.45, 2.75) is 26.2 Å². The summed E-state index contributed by atoms with van der Waals surface area (Å²) < 4.78 is 1.86. The first-order valence-corrected chi connectivity index (χ1v) is 7.95. The Kier molecular flexibility index (Phi) is 4.33. The second-order valence-electron chi connectivity index (χ2n) is 6.38. The van der Waals surface area contributed by atoms with Crippen molar-refractivity contribution >= 4 is 11.9 Å². The molecule has 126 valence electrons. The molecule has 2 heterocycles. The minimum atomic E-state index is -0.846. The highest BCUT2D eigenvalue weighted by molar-refractivity contribution is 5.80. The molecule has 0 unspecified atom stereocenters. The highest BCUT2D eigenvalue weighted by Crippen LogP contribution is 2.30. The number of benzene rings is 1. The molecule has 7 heteroatoms. The quantitative estimate of drug-likeness (QED) is 0.899. The maximum absolute atomic E-state index is 12.4. The number of hydrogen-bond donors (Lipinski definition) is 1. The lowest BCUT2D eigenvalue weighted by Gasteiger charge is -2.20. The average molecular weight is 328 g/mol. The lowest BCUT2D eigenvalue weighted by atomic mass is 9.90. The van der Waals surface area contributed by atoms with Crippen molar-refractivity contribution in [1.29, 1.82) is 0 Å². The van der Waals surface area contributed by atoms with Crippen LogP contribution in [-0.4, -0.2) is 49.7 Å². The molecule has 0 saturated carbocycles. The first-order valence-electron chi connectivity index (χ1n) is 7.95.